The summed E-state index contributed by atoms with van der Waals surface area (Å²) in [5, 5.41) is 0. The summed E-state index contributed by atoms with van der Waals surface area (Å²) in [6.45, 7) is 1.61. The van der Waals surface area contributed by atoms with Gasteiger partial charge >= 0.3 is 5.97 Å². The topological polar surface area (TPSA) is 46.6 Å². The molecule has 1 amide bonds. The van der Waals surface area contributed by atoms with Crippen LogP contribution in [0.25, 0.3) is 6.08 Å². The highest BCUT2D eigenvalue weighted by Crippen LogP contribution is 2.36. The van der Waals surface area contributed by atoms with Gasteiger partial charge in [-0.15, -0.1) is 11.8 Å². The van der Waals surface area contributed by atoms with Crippen molar-refractivity contribution < 1.29 is 18.7 Å². The van der Waals surface area contributed by atoms with Crippen LogP contribution in [0.4, 0.5) is 10.1 Å². The van der Waals surface area contributed by atoms with Crippen molar-refractivity contribution in [2.75, 3.05) is 18.3 Å². The van der Waals surface area contributed by atoms with Crippen molar-refractivity contribution in [3.8, 4) is 0 Å². The molecule has 0 atom stereocenters. The number of benzene rings is 2. The number of nitrogens with zero attached hydrogens (tertiary/aromatic N) is 1. The second-order valence-electron chi connectivity index (χ2n) is 5.88. The number of hydrogen-bond acceptors (Lipinski definition) is 4. The van der Waals surface area contributed by atoms with Gasteiger partial charge in [0.25, 0.3) is 5.91 Å². The minimum absolute atomic E-state index is 0.0996. The fourth-order valence-corrected chi connectivity index (χ4v) is 3.38. The van der Waals surface area contributed by atoms with Crippen molar-refractivity contribution in [1.82, 2.24) is 0 Å². The number of esters is 1. The minimum atomic E-state index is -0.633. The molecule has 0 radical (unpaired) electrons. The molecule has 2 aromatic rings. The van der Waals surface area contributed by atoms with Crippen LogP contribution in [0.15, 0.2) is 70.3 Å². The minimum Gasteiger partial charge on any atom is -0.465 e. The molecular formula is C21H18FNO3S. The number of allylic oxidation sites excluding steroid dienone is 1. The number of amides is 1. The molecule has 2 aromatic carbocycles. The van der Waals surface area contributed by atoms with Crippen molar-refractivity contribution in [2.24, 2.45) is 0 Å². The fraction of sp³-hybridized carbons (Fsp3) is 0.143. The highest BCUT2D eigenvalue weighted by atomic mass is 32.2. The Morgan fingerprint density at radius 3 is 2.41 bits per heavy atom. The number of ether oxygens (including phenoxy) is 1. The van der Waals surface area contributed by atoms with E-state index >= 15 is 0 Å². The third-order valence-corrected chi connectivity index (χ3v) is 5.05. The lowest BCUT2D eigenvalue weighted by atomic mass is 10.0. The van der Waals surface area contributed by atoms with Gasteiger partial charge in [-0.2, -0.15) is 0 Å². The van der Waals surface area contributed by atoms with Crippen LogP contribution in [0.5, 0.6) is 0 Å². The smallest absolute Gasteiger partial charge is 0.340 e. The molecule has 27 heavy (non-hydrogen) atoms. The summed E-state index contributed by atoms with van der Waals surface area (Å²) >= 11 is 1.61. The molecule has 0 spiro atoms. The maximum Gasteiger partial charge on any atom is 0.340 e. The summed E-state index contributed by atoms with van der Waals surface area (Å²) < 4.78 is 19.1. The first-order valence-electron chi connectivity index (χ1n) is 8.22. The van der Waals surface area contributed by atoms with Crippen LogP contribution >= 0.6 is 11.8 Å². The van der Waals surface area contributed by atoms with Crippen molar-refractivity contribution >= 4 is 35.4 Å². The lowest BCUT2D eigenvalue weighted by Gasteiger charge is -2.18. The quantitative estimate of drug-likeness (QED) is 0.445. The van der Waals surface area contributed by atoms with Crippen LogP contribution in [0.1, 0.15) is 12.5 Å². The van der Waals surface area contributed by atoms with Crippen LogP contribution in [0.3, 0.4) is 0 Å². The summed E-state index contributed by atoms with van der Waals surface area (Å²) in [6.07, 6.45) is 3.60. The van der Waals surface area contributed by atoms with E-state index in [9.17, 15) is 14.0 Å². The van der Waals surface area contributed by atoms with E-state index in [2.05, 4.69) is 0 Å². The zero-order valence-electron chi connectivity index (χ0n) is 15.2. The molecular weight excluding hydrogens is 365 g/mol. The van der Waals surface area contributed by atoms with Crippen LogP contribution < -0.4 is 4.90 Å². The Morgan fingerprint density at radius 1 is 1.15 bits per heavy atom. The number of anilines is 1. The molecule has 1 aliphatic rings. The van der Waals surface area contributed by atoms with Gasteiger partial charge in [-0.3, -0.25) is 9.69 Å². The van der Waals surface area contributed by atoms with E-state index in [1.165, 1.54) is 24.1 Å². The Kier molecular flexibility index (Phi) is 5.46. The second-order valence-corrected chi connectivity index (χ2v) is 6.75. The highest BCUT2D eigenvalue weighted by Gasteiger charge is 2.38. The highest BCUT2D eigenvalue weighted by molar-refractivity contribution is 7.98. The molecule has 0 saturated carbocycles. The molecule has 4 nitrogen and oxygen atoms in total. The average molecular weight is 383 g/mol. The molecule has 138 valence electrons. The third-order valence-electron chi connectivity index (χ3n) is 4.31. The maximum absolute atomic E-state index is 14.3. The van der Waals surface area contributed by atoms with E-state index in [-0.39, 0.29) is 16.8 Å². The zero-order valence-corrected chi connectivity index (χ0v) is 16.0. The average Bonchev–Trinajstić information content (AvgIpc) is 2.92. The van der Waals surface area contributed by atoms with E-state index in [4.69, 9.17) is 4.74 Å². The van der Waals surface area contributed by atoms with Gasteiger partial charge in [0.15, 0.2) is 0 Å². The van der Waals surface area contributed by atoms with Crippen LogP contribution in [-0.4, -0.2) is 25.2 Å². The monoisotopic (exact) mass is 383 g/mol. The van der Waals surface area contributed by atoms with Gasteiger partial charge in [-0.25, -0.2) is 9.18 Å². The fourth-order valence-electron chi connectivity index (χ4n) is 2.97. The SMILES string of the molecule is COC(=O)C1=C(C)N(c2ccccc2F)C(=O)/C1=C\c1ccc(SC)cc1. The number of hydrogen-bond donors (Lipinski definition) is 0. The largest absolute Gasteiger partial charge is 0.465 e. The van der Waals surface area contributed by atoms with Crippen molar-refractivity contribution in [1.29, 1.82) is 0 Å². The summed E-state index contributed by atoms with van der Waals surface area (Å²) in [6, 6.07) is 13.5. The Labute approximate surface area is 161 Å². The van der Waals surface area contributed by atoms with Crippen LogP contribution in [0.2, 0.25) is 0 Å². The first-order chi connectivity index (χ1) is 13.0. The van der Waals surface area contributed by atoms with Gasteiger partial charge in [0.2, 0.25) is 0 Å². The maximum atomic E-state index is 14.3. The molecule has 1 heterocycles. The molecule has 0 fully saturated rings. The van der Waals surface area contributed by atoms with Crippen molar-refractivity contribution in [2.45, 2.75) is 11.8 Å². The number of thioether (sulfide) groups is 1. The molecule has 3 rings (SSSR count). The zero-order chi connectivity index (χ0) is 19.6. The molecule has 1 aliphatic heterocycles. The summed E-state index contributed by atoms with van der Waals surface area (Å²) in [5.41, 5.74) is 1.52. The normalized spacial score (nSPS) is 15.6. The Bertz CT molecular complexity index is 964. The lowest BCUT2D eigenvalue weighted by Crippen LogP contribution is -2.25. The van der Waals surface area contributed by atoms with Gasteiger partial charge in [0, 0.05) is 10.6 Å². The standard InChI is InChI=1S/C21H18FNO3S/c1-13-19(21(25)26-2)16(12-14-8-10-15(27-3)11-9-14)20(24)23(13)18-7-5-4-6-17(18)22/h4-12H,1-3H3/b16-12-. The van der Waals surface area contributed by atoms with Crippen molar-refractivity contribution in [3.05, 3.63) is 76.8 Å². The predicted molar refractivity (Wildman–Crippen MR) is 105 cm³/mol. The number of halogens is 1. The summed E-state index contributed by atoms with van der Waals surface area (Å²) in [7, 11) is 1.25. The number of rotatable bonds is 4. The first-order valence-corrected chi connectivity index (χ1v) is 9.44. The van der Waals surface area contributed by atoms with Gasteiger partial charge in [0.1, 0.15) is 5.82 Å². The van der Waals surface area contributed by atoms with Gasteiger partial charge in [-0.05, 0) is 49.1 Å². The molecule has 0 aromatic heterocycles. The van der Waals surface area contributed by atoms with E-state index in [0.717, 1.165) is 10.5 Å². The molecule has 0 unspecified atom stereocenters. The molecule has 0 N–H and O–H groups in total. The third kappa shape index (κ3) is 3.53. The van der Waals surface area contributed by atoms with E-state index in [1.807, 2.05) is 30.5 Å². The predicted octanol–water partition coefficient (Wildman–Crippen LogP) is 4.42. The lowest BCUT2D eigenvalue weighted by molar-refractivity contribution is -0.136. The summed E-state index contributed by atoms with van der Waals surface area (Å²) in [4.78, 5) is 27.7. The van der Waals surface area contributed by atoms with E-state index in [1.54, 1.807) is 36.9 Å². The second kappa shape index (κ2) is 7.80. The van der Waals surface area contributed by atoms with Gasteiger partial charge < -0.3 is 4.74 Å². The van der Waals surface area contributed by atoms with Crippen molar-refractivity contribution in [3.63, 3.8) is 0 Å². The molecule has 6 heteroatoms. The molecule has 0 bridgehead atoms. The Hall–Kier alpha value is -2.86. The molecule has 0 saturated heterocycles. The van der Waals surface area contributed by atoms with E-state index < -0.39 is 17.7 Å². The Balaban J connectivity index is 2.12. The van der Waals surface area contributed by atoms with Crippen LogP contribution in [0, 0.1) is 5.82 Å². The number of carbonyl (C=O) groups is 2. The first kappa shape index (κ1) is 18.9. The molecule has 0 aliphatic carbocycles. The van der Waals surface area contributed by atoms with Gasteiger partial charge in [-0.1, -0.05) is 24.3 Å². The number of methoxy groups -OCH3 is 1. The number of para-hydroxylation sites is 1. The summed E-state index contributed by atoms with van der Waals surface area (Å²) in [5.74, 6) is -1.64. The van der Waals surface area contributed by atoms with E-state index in [0.29, 0.717) is 5.70 Å². The number of carbonyl (C=O) groups excluding carboxylic acids is 2. The van der Waals surface area contributed by atoms with Gasteiger partial charge in [0.05, 0.1) is 23.9 Å². The Morgan fingerprint density at radius 2 is 1.81 bits per heavy atom. The van der Waals surface area contributed by atoms with Crippen LogP contribution in [-0.2, 0) is 14.3 Å².